The summed E-state index contributed by atoms with van der Waals surface area (Å²) < 4.78 is 7.23. The first kappa shape index (κ1) is 20.7. The highest BCUT2D eigenvalue weighted by atomic mass is 35.5. The molecular weight excluding hydrogens is 427 g/mol. The van der Waals surface area contributed by atoms with E-state index in [2.05, 4.69) is 25.5 Å². The Morgan fingerprint density at radius 2 is 2.07 bits per heavy atom. The molecule has 10 heteroatoms. The number of hydrogen-bond donors (Lipinski definition) is 1. The summed E-state index contributed by atoms with van der Waals surface area (Å²) in [5, 5.41) is 12.6. The second-order valence-corrected chi connectivity index (χ2v) is 7.78. The Bertz CT molecular complexity index is 1130. The van der Waals surface area contributed by atoms with Gasteiger partial charge in [0.1, 0.15) is 5.84 Å². The molecule has 30 heavy (non-hydrogen) atoms. The number of hydrogen-bond acceptors (Lipinski definition) is 6. The normalized spacial score (nSPS) is 16.7. The Morgan fingerprint density at radius 1 is 1.27 bits per heavy atom. The van der Waals surface area contributed by atoms with Crippen molar-refractivity contribution in [3.8, 4) is 22.8 Å². The van der Waals surface area contributed by atoms with Gasteiger partial charge in [0.05, 0.1) is 23.9 Å². The summed E-state index contributed by atoms with van der Waals surface area (Å²) in [6.45, 7) is 3.76. The van der Waals surface area contributed by atoms with Crippen molar-refractivity contribution in [2.75, 3.05) is 13.1 Å². The van der Waals surface area contributed by atoms with Crippen LogP contribution in [0.1, 0.15) is 24.1 Å². The lowest BCUT2D eigenvalue weighted by Crippen LogP contribution is -2.38. The number of nitrogens with zero attached hydrogens (tertiary/aromatic N) is 5. The molecule has 8 nitrogen and oxygen atoms in total. The number of amides is 1. The minimum absolute atomic E-state index is 0. The SMILES string of the molecule is Cc1ccc(-c2nc(-c3cnn4c3CC(=O)N=C4C3CCNCC3)no2)cc1Cl.Cl. The van der Waals surface area contributed by atoms with Crippen LogP contribution in [0.25, 0.3) is 22.8 Å². The van der Waals surface area contributed by atoms with Gasteiger partial charge in [0.15, 0.2) is 0 Å². The number of aliphatic imine (C=N–C) groups is 1. The van der Waals surface area contributed by atoms with E-state index in [1.807, 2.05) is 19.1 Å². The van der Waals surface area contributed by atoms with E-state index in [9.17, 15) is 4.79 Å². The van der Waals surface area contributed by atoms with Gasteiger partial charge in [-0.2, -0.15) is 15.1 Å². The number of piperidine rings is 1. The van der Waals surface area contributed by atoms with Gasteiger partial charge in [-0.1, -0.05) is 22.8 Å². The zero-order chi connectivity index (χ0) is 20.0. The molecule has 156 valence electrons. The summed E-state index contributed by atoms with van der Waals surface area (Å²) in [5.41, 5.74) is 3.17. The van der Waals surface area contributed by atoms with E-state index in [0.29, 0.717) is 22.3 Å². The Morgan fingerprint density at radius 3 is 2.83 bits per heavy atom. The molecule has 1 fully saturated rings. The number of carbonyl (C=O) groups is 1. The lowest BCUT2D eigenvalue weighted by atomic mass is 9.95. The van der Waals surface area contributed by atoms with Crippen molar-refractivity contribution in [3.63, 3.8) is 0 Å². The highest BCUT2D eigenvalue weighted by Gasteiger charge is 2.31. The summed E-state index contributed by atoms with van der Waals surface area (Å²) in [7, 11) is 0. The summed E-state index contributed by atoms with van der Waals surface area (Å²) >= 11 is 6.21. The van der Waals surface area contributed by atoms with Crippen LogP contribution in [0.4, 0.5) is 0 Å². The van der Waals surface area contributed by atoms with Crippen LogP contribution in [0.3, 0.4) is 0 Å². The molecule has 0 bridgehead atoms. The lowest BCUT2D eigenvalue weighted by molar-refractivity contribution is -0.117. The van der Waals surface area contributed by atoms with E-state index < -0.39 is 0 Å². The van der Waals surface area contributed by atoms with Crippen molar-refractivity contribution in [1.82, 2.24) is 25.2 Å². The largest absolute Gasteiger partial charge is 0.334 e. The molecule has 0 atom stereocenters. The van der Waals surface area contributed by atoms with E-state index >= 15 is 0 Å². The first-order valence-electron chi connectivity index (χ1n) is 9.60. The van der Waals surface area contributed by atoms with Crippen LogP contribution in [-0.4, -0.2) is 44.8 Å². The number of rotatable bonds is 3. The highest BCUT2D eigenvalue weighted by molar-refractivity contribution is 6.31. The van der Waals surface area contributed by atoms with Crippen LogP contribution in [0.2, 0.25) is 5.02 Å². The van der Waals surface area contributed by atoms with E-state index in [1.54, 1.807) is 16.9 Å². The van der Waals surface area contributed by atoms with Crippen LogP contribution in [0.15, 0.2) is 33.9 Å². The molecule has 1 N–H and O–H groups in total. The summed E-state index contributed by atoms with van der Waals surface area (Å²) in [4.78, 5) is 21.1. The fourth-order valence-electron chi connectivity index (χ4n) is 3.81. The van der Waals surface area contributed by atoms with Crippen LogP contribution in [-0.2, 0) is 11.2 Å². The lowest BCUT2D eigenvalue weighted by Gasteiger charge is -2.26. The Hall–Kier alpha value is -2.55. The van der Waals surface area contributed by atoms with E-state index in [-0.39, 0.29) is 30.7 Å². The molecule has 0 radical (unpaired) electrons. The Balaban J connectivity index is 0.00000218. The third-order valence-corrected chi connectivity index (χ3v) is 5.84. The van der Waals surface area contributed by atoms with Gasteiger partial charge in [0.25, 0.3) is 11.8 Å². The number of aromatic nitrogens is 4. The first-order chi connectivity index (χ1) is 14.1. The van der Waals surface area contributed by atoms with E-state index in [1.165, 1.54) is 0 Å². The quantitative estimate of drug-likeness (QED) is 0.662. The number of halogens is 2. The van der Waals surface area contributed by atoms with Crippen LogP contribution < -0.4 is 5.32 Å². The number of fused-ring (bicyclic) bond motifs is 1. The van der Waals surface area contributed by atoms with Crippen molar-refractivity contribution in [2.45, 2.75) is 26.2 Å². The maximum Gasteiger partial charge on any atom is 0.258 e. The summed E-state index contributed by atoms with van der Waals surface area (Å²) in [6, 6.07) is 5.59. The minimum atomic E-state index is -0.165. The van der Waals surface area contributed by atoms with Gasteiger partial charge >= 0.3 is 0 Å². The average molecular weight is 447 g/mol. The van der Waals surface area contributed by atoms with Crippen molar-refractivity contribution < 1.29 is 9.32 Å². The van der Waals surface area contributed by atoms with E-state index in [0.717, 1.165) is 48.6 Å². The molecule has 1 aromatic carbocycles. The average Bonchev–Trinajstić information content (AvgIpc) is 3.37. The minimum Gasteiger partial charge on any atom is -0.334 e. The molecule has 0 spiro atoms. The molecule has 2 aliphatic rings. The van der Waals surface area contributed by atoms with Gasteiger partial charge in [-0.3, -0.25) is 4.79 Å². The molecule has 4 heterocycles. The second kappa shape index (κ2) is 8.29. The fraction of sp³-hybridized carbons (Fsp3) is 0.350. The van der Waals surface area contributed by atoms with Gasteiger partial charge in [-0.25, -0.2) is 4.68 Å². The third kappa shape index (κ3) is 3.66. The number of nitrogens with one attached hydrogen (secondary N) is 1. The maximum atomic E-state index is 12.3. The standard InChI is InChI=1S/C20H19ClN6O2.ClH/c1-11-2-3-13(8-15(11)21)20-25-18(26-29-20)14-10-23-27-16(14)9-17(28)24-19(27)12-4-6-22-7-5-12;/h2-3,8,10,12,22H,4-7,9H2,1H3;1H. The third-order valence-electron chi connectivity index (χ3n) is 5.43. The number of carbonyl (C=O) groups excluding carboxylic acids is 1. The highest BCUT2D eigenvalue weighted by Crippen LogP contribution is 2.30. The fourth-order valence-corrected chi connectivity index (χ4v) is 3.99. The van der Waals surface area contributed by atoms with Crippen molar-refractivity contribution in [3.05, 3.63) is 40.7 Å². The van der Waals surface area contributed by atoms with Crippen molar-refractivity contribution >= 4 is 35.8 Å². The van der Waals surface area contributed by atoms with Crippen LogP contribution >= 0.6 is 24.0 Å². The van der Waals surface area contributed by atoms with Crippen LogP contribution in [0.5, 0.6) is 0 Å². The molecular formula is C20H20Cl2N6O2. The maximum absolute atomic E-state index is 12.3. The van der Waals surface area contributed by atoms with Gasteiger partial charge in [-0.05, 0) is 50.6 Å². The molecule has 0 saturated carbocycles. The van der Waals surface area contributed by atoms with E-state index in [4.69, 9.17) is 16.1 Å². The second-order valence-electron chi connectivity index (χ2n) is 7.37. The molecule has 1 amide bonds. The zero-order valence-electron chi connectivity index (χ0n) is 16.3. The van der Waals surface area contributed by atoms with Gasteiger partial charge in [0.2, 0.25) is 5.82 Å². The molecule has 1 saturated heterocycles. The zero-order valence-corrected chi connectivity index (χ0v) is 17.8. The molecule has 0 unspecified atom stereocenters. The predicted octanol–water partition coefficient (Wildman–Crippen LogP) is 3.31. The van der Waals surface area contributed by atoms with Gasteiger partial charge < -0.3 is 9.84 Å². The Labute approximate surface area is 184 Å². The van der Waals surface area contributed by atoms with Crippen molar-refractivity contribution in [2.24, 2.45) is 10.9 Å². The first-order valence-corrected chi connectivity index (χ1v) is 9.98. The predicted molar refractivity (Wildman–Crippen MR) is 115 cm³/mol. The monoisotopic (exact) mass is 446 g/mol. The van der Waals surface area contributed by atoms with Gasteiger partial charge in [-0.15, -0.1) is 12.4 Å². The number of aryl methyl sites for hydroxylation is 1. The van der Waals surface area contributed by atoms with Crippen LogP contribution in [0, 0.1) is 12.8 Å². The molecule has 3 aromatic rings. The smallest absolute Gasteiger partial charge is 0.258 e. The van der Waals surface area contributed by atoms with Gasteiger partial charge in [0, 0.05) is 16.5 Å². The van der Waals surface area contributed by atoms with Crippen molar-refractivity contribution in [1.29, 1.82) is 0 Å². The summed E-state index contributed by atoms with van der Waals surface area (Å²) in [6.07, 6.45) is 3.72. The molecule has 5 rings (SSSR count). The Kier molecular flexibility index (Phi) is 5.73. The summed E-state index contributed by atoms with van der Waals surface area (Å²) in [5.74, 6) is 1.54. The topological polar surface area (TPSA) is 98.2 Å². The molecule has 0 aliphatic carbocycles. The number of benzene rings is 1. The molecule has 2 aromatic heterocycles. The molecule has 2 aliphatic heterocycles.